The molecule has 0 aliphatic carbocycles. The van der Waals surface area contributed by atoms with Gasteiger partial charge in [-0.05, 0) is 13.8 Å². The van der Waals surface area contributed by atoms with Gasteiger partial charge in [0.25, 0.3) is 0 Å². The van der Waals surface area contributed by atoms with Crippen LogP contribution < -0.4 is 11.6 Å². The van der Waals surface area contributed by atoms with Crippen molar-refractivity contribution in [3.05, 3.63) is 0 Å². The lowest BCUT2D eigenvalue weighted by atomic mass is 10.0. The van der Waals surface area contributed by atoms with Crippen LogP contribution in [0.3, 0.4) is 0 Å². The summed E-state index contributed by atoms with van der Waals surface area (Å²) in [6, 6.07) is 0. The molecule has 0 bridgehead atoms. The summed E-state index contributed by atoms with van der Waals surface area (Å²) in [5.41, 5.74) is 4.18. The molecule has 0 spiro atoms. The zero-order valence-electron chi connectivity index (χ0n) is 8.73. The standard InChI is InChI=1S/C8H15N3O4/c1-8(2,15-6(12)3-9)5-4-11(10)7(13)14-5/h5H,3-4,9-10H2,1-2H3/t5-/m0/s1. The number of ether oxygens (including phenoxy) is 2. The minimum atomic E-state index is -0.930. The molecule has 7 nitrogen and oxygen atoms in total. The molecule has 1 saturated heterocycles. The van der Waals surface area contributed by atoms with Crippen molar-refractivity contribution in [2.45, 2.75) is 25.6 Å². The van der Waals surface area contributed by atoms with E-state index in [1.165, 1.54) is 0 Å². The molecular formula is C8H15N3O4. The van der Waals surface area contributed by atoms with Crippen molar-refractivity contribution in [1.29, 1.82) is 0 Å². The minimum Gasteiger partial charge on any atom is -0.455 e. The van der Waals surface area contributed by atoms with Crippen LogP contribution >= 0.6 is 0 Å². The highest BCUT2D eigenvalue weighted by Gasteiger charge is 2.43. The van der Waals surface area contributed by atoms with Crippen LogP contribution in [0.4, 0.5) is 4.79 Å². The Bertz CT molecular complexity index is 279. The summed E-state index contributed by atoms with van der Waals surface area (Å²) < 4.78 is 9.97. The van der Waals surface area contributed by atoms with Crippen LogP contribution in [0.1, 0.15) is 13.8 Å². The first-order chi connectivity index (χ1) is 6.86. The number of rotatable bonds is 3. The van der Waals surface area contributed by atoms with Gasteiger partial charge in [-0.1, -0.05) is 0 Å². The zero-order chi connectivity index (χ0) is 11.6. The molecule has 86 valence electrons. The van der Waals surface area contributed by atoms with E-state index in [0.29, 0.717) is 0 Å². The average Bonchev–Trinajstić information content (AvgIpc) is 2.47. The van der Waals surface area contributed by atoms with Crippen molar-refractivity contribution in [3.8, 4) is 0 Å². The Morgan fingerprint density at radius 3 is 2.73 bits per heavy atom. The van der Waals surface area contributed by atoms with Gasteiger partial charge in [0.05, 0.1) is 13.1 Å². The quantitative estimate of drug-likeness (QED) is 0.355. The summed E-state index contributed by atoms with van der Waals surface area (Å²) in [4.78, 5) is 22.0. The van der Waals surface area contributed by atoms with Crippen molar-refractivity contribution in [2.24, 2.45) is 11.6 Å². The number of hydrogen-bond donors (Lipinski definition) is 2. The maximum atomic E-state index is 11.0. The fourth-order valence-corrected chi connectivity index (χ4v) is 1.24. The number of amides is 1. The lowest BCUT2D eigenvalue weighted by molar-refractivity contribution is -0.163. The third kappa shape index (κ3) is 2.57. The molecule has 1 aliphatic rings. The predicted octanol–water partition coefficient (Wildman–Crippen LogP) is -1.04. The molecule has 4 N–H and O–H groups in total. The van der Waals surface area contributed by atoms with Gasteiger partial charge in [-0.15, -0.1) is 0 Å². The normalized spacial score (nSPS) is 21.5. The molecular weight excluding hydrogens is 202 g/mol. The molecule has 1 amide bonds. The number of nitrogens with two attached hydrogens (primary N) is 2. The predicted molar refractivity (Wildman–Crippen MR) is 50.4 cm³/mol. The average molecular weight is 217 g/mol. The van der Waals surface area contributed by atoms with E-state index in [4.69, 9.17) is 21.1 Å². The van der Waals surface area contributed by atoms with E-state index < -0.39 is 23.8 Å². The topological polar surface area (TPSA) is 108 Å². The molecule has 0 aromatic rings. The van der Waals surface area contributed by atoms with Crippen molar-refractivity contribution in [3.63, 3.8) is 0 Å². The number of hydrogen-bond acceptors (Lipinski definition) is 6. The van der Waals surface area contributed by atoms with E-state index in [0.717, 1.165) is 5.01 Å². The summed E-state index contributed by atoms with van der Waals surface area (Å²) >= 11 is 0. The third-order valence-corrected chi connectivity index (χ3v) is 2.16. The van der Waals surface area contributed by atoms with Crippen molar-refractivity contribution in [1.82, 2.24) is 5.01 Å². The molecule has 1 rings (SSSR count). The summed E-state index contributed by atoms with van der Waals surface area (Å²) in [7, 11) is 0. The van der Waals surface area contributed by atoms with Crippen LogP contribution in [-0.4, -0.2) is 41.9 Å². The molecule has 7 heteroatoms. The smallest absolute Gasteiger partial charge is 0.424 e. The molecule has 1 fully saturated rings. The lowest BCUT2D eigenvalue weighted by Crippen LogP contribution is -2.45. The largest absolute Gasteiger partial charge is 0.455 e. The van der Waals surface area contributed by atoms with Gasteiger partial charge in [-0.2, -0.15) is 0 Å². The van der Waals surface area contributed by atoms with Crippen molar-refractivity contribution < 1.29 is 19.1 Å². The number of nitrogens with zero attached hydrogens (tertiary/aromatic N) is 1. The third-order valence-electron chi connectivity index (χ3n) is 2.16. The number of esters is 1. The molecule has 15 heavy (non-hydrogen) atoms. The SMILES string of the molecule is CC(C)(OC(=O)CN)[C@@H]1CN(N)C(=O)O1. The second-order valence-electron chi connectivity index (χ2n) is 3.81. The Kier molecular flexibility index (Phi) is 3.15. The second-order valence-corrected chi connectivity index (χ2v) is 3.81. The number of carbonyl (C=O) groups excluding carboxylic acids is 2. The van der Waals surface area contributed by atoms with Crippen LogP contribution in [0.25, 0.3) is 0 Å². The van der Waals surface area contributed by atoms with Gasteiger partial charge in [-0.3, -0.25) is 4.79 Å². The van der Waals surface area contributed by atoms with Gasteiger partial charge in [0, 0.05) is 0 Å². The van der Waals surface area contributed by atoms with Gasteiger partial charge < -0.3 is 15.2 Å². The van der Waals surface area contributed by atoms with E-state index >= 15 is 0 Å². The molecule has 1 heterocycles. The van der Waals surface area contributed by atoms with E-state index in [1.54, 1.807) is 13.8 Å². The van der Waals surface area contributed by atoms with Gasteiger partial charge in [0.1, 0.15) is 5.60 Å². The Balaban J connectivity index is 2.62. The van der Waals surface area contributed by atoms with Crippen molar-refractivity contribution in [2.75, 3.05) is 13.1 Å². The fourth-order valence-electron chi connectivity index (χ4n) is 1.24. The van der Waals surface area contributed by atoms with E-state index in [1.807, 2.05) is 0 Å². The summed E-state index contributed by atoms with van der Waals surface area (Å²) in [6.07, 6.45) is -1.21. The first-order valence-corrected chi connectivity index (χ1v) is 4.51. The molecule has 0 saturated carbocycles. The molecule has 0 unspecified atom stereocenters. The van der Waals surface area contributed by atoms with Crippen LogP contribution in [0.2, 0.25) is 0 Å². The Morgan fingerprint density at radius 2 is 2.33 bits per heavy atom. The maximum Gasteiger partial charge on any atom is 0.424 e. The highest BCUT2D eigenvalue weighted by Crippen LogP contribution is 2.23. The summed E-state index contributed by atoms with van der Waals surface area (Å²) in [5, 5.41) is 0.933. The summed E-state index contributed by atoms with van der Waals surface area (Å²) in [6.45, 7) is 3.25. The van der Waals surface area contributed by atoms with Crippen molar-refractivity contribution >= 4 is 12.1 Å². The van der Waals surface area contributed by atoms with E-state index in [2.05, 4.69) is 0 Å². The zero-order valence-corrected chi connectivity index (χ0v) is 8.73. The van der Waals surface area contributed by atoms with Gasteiger partial charge in [-0.25, -0.2) is 15.6 Å². The summed E-state index contributed by atoms with van der Waals surface area (Å²) in [5.74, 6) is 4.77. The Morgan fingerprint density at radius 1 is 1.73 bits per heavy atom. The van der Waals surface area contributed by atoms with Gasteiger partial charge in [0.2, 0.25) is 0 Å². The minimum absolute atomic E-state index is 0.184. The van der Waals surface area contributed by atoms with Crippen LogP contribution in [-0.2, 0) is 14.3 Å². The number of cyclic esters (lactones) is 1. The molecule has 0 aromatic heterocycles. The molecule has 1 atom stereocenters. The Hall–Kier alpha value is -1.34. The monoisotopic (exact) mass is 217 g/mol. The van der Waals surface area contributed by atoms with Gasteiger partial charge >= 0.3 is 12.1 Å². The number of carbonyl (C=O) groups is 2. The van der Waals surface area contributed by atoms with Gasteiger partial charge in [0.15, 0.2) is 6.10 Å². The first-order valence-electron chi connectivity index (χ1n) is 4.51. The van der Waals surface area contributed by atoms with E-state index in [-0.39, 0.29) is 13.1 Å². The van der Waals surface area contributed by atoms with Crippen LogP contribution in [0.15, 0.2) is 0 Å². The van der Waals surface area contributed by atoms with E-state index in [9.17, 15) is 9.59 Å². The number of hydrazine groups is 1. The highest BCUT2D eigenvalue weighted by atomic mass is 16.6. The van der Waals surface area contributed by atoms with Crippen LogP contribution in [0, 0.1) is 0 Å². The van der Waals surface area contributed by atoms with Crippen LogP contribution in [0.5, 0.6) is 0 Å². The lowest BCUT2D eigenvalue weighted by Gasteiger charge is -2.28. The molecule has 1 aliphatic heterocycles. The molecule has 0 radical (unpaired) electrons. The second kappa shape index (κ2) is 4.03. The first kappa shape index (κ1) is 11.7. The maximum absolute atomic E-state index is 11.0. The fraction of sp³-hybridized carbons (Fsp3) is 0.750. The highest BCUT2D eigenvalue weighted by molar-refractivity contribution is 5.72. The Labute approximate surface area is 87.2 Å². The molecule has 0 aromatic carbocycles.